The van der Waals surface area contributed by atoms with Crippen LogP contribution >= 0.6 is 11.5 Å². The highest BCUT2D eigenvalue weighted by Gasteiger charge is 2.29. The van der Waals surface area contributed by atoms with E-state index in [0.717, 1.165) is 17.5 Å². The first-order chi connectivity index (χ1) is 7.85. The van der Waals surface area contributed by atoms with Gasteiger partial charge in [0.2, 0.25) is 0 Å². The van der Waals surface area contributed by atoms with Gasteiger partial charge in [0.25, 0.3) is 0 Å². The molecule has 0 aromatic carbocycles. The second-order valence-electron chi connectivity index (χ2n) is 4.80. The van der Waals surface area contributed by atoms with Crippen LogP contribution in [0.15, 0.2) is 5.38 Å². The molecule has 0 aliphatic heterocycles. The fourth-order valence-electron chi connectivity index (χ4n) is 2.94. The molecule has 0 radical (unpaired) electrons. The van der Waals surface area contributed by atoms with E-state index in [-0.39, 0.29) is 0 Å². The van der Waals surface area contributed by atoms with Crippen LogP contribution in [0.25, 0.3) is 0 Å². The van der Waals surface area contributed by atoms with Crippen LogP contribution in [-0.2, 0) is 0 Å². The van der Waals surface area contributed by atoms with Crippen molar-refractivity contribution in [1.29, 1.82) is 0 Å². The molecule has 90 valence electrons. The molecule has 4 heteroatoms. The SMILES string of the molecule is CCC1CCCC(C(NC)c2csnn2)C1. The normalized spacial score (nSPS) is 27.9. The van der Waals surface area contributed by atoms with E-state index in [4.69, 9.17) is 0 Å². The van der Waals surface area contributed by atoms with Gasteiger partial charge < -0.3 is 5.32 Å². The number of hydrogen-bond donors (Lipinski definition) is 1. The van der Waals surface area contributed by atoms with Crippen LogP contribution < -0.4 is 5.32 Å². The summed E-state index contributed by atoms with van der Waals surface area (Å²) in [6, 6.07) is 0.410. The molecule has 1 aliphatic carbocycles. The van der Waals surface area contributed by atoms with Gasteiger partial charge in [-0.2, -0.15) is 0 Å². The minimum atomic E-state index is 0.410. The third-order valence-corrected chi connectivity index (χ3v) is 4.40. The lowest BCUT2D eigenvalue weighted by Gasteiger charge is -2.33. The van der Waals surface area contributed by atoms with Crippen molar-refractivity contribution >= 4 is 11.5 Å². The average molecular weight is 239 g/mol. The van der Waals surface area contributed by atoms with Crippen molar-refractivity contribution in [2.24, 2.45) is 11.8 Å². The summed E-state index contributed by atoms with van der Waals surface area (Å²) in [7, 11) is 2.04. The van der Waals surface area contributed by atoms with Gasteiger partial charge in [-0.05, 0) is 43.3 Å². The first-order valence-corrected chi connectivity index (χ1v) is 7.13. The molecule has 1 aliphatic rings. The van der Waals surface area contributed by atoms with Gasteiger partial charge in [-0.25, -0.2) is 0 Å². The molecule has 16 heavy (non-hydrogen) atoms. The summed E-state index contributed by atoms with van der Waals surface area (Å²) >= 11 is 1.45. The number of rotatable bonds is 4. The largest absolute Gasteiger partial charge is 0.311 e. The molecule has 0 spiro atoms. The Hall–Kier alpha value is -0.480. The van der Waals surface area contributed by atoms with Crippen LogP contribution in [0.4, 0.5) is 0 Å². The van der Waals surface area contributed by atoms with E-state index < -0.39 is 0 Å². The molecule has 3 unspecified atom stereocenters. The van der Waals surface area contributed by atoms with Crippen LogP contribution in [0.3, 0.4) is 0 Å². The first kappa shape index (κ1) is 12.0. The summed E-state index contributed by atoms with van der Waals surface area (Å²) in [6.45, 7) is 2.31. The van der Waals surface area contributed by atoms with E-state index in [0.29, 0.717) is 6.04 Å². The molecule has 1 N–H and O–H groups in total. The van der Waals surface area contributed by atoms with E-state index in [1.54, 1.807) is 0 Å². The van der Waals surface area contributed by atoms with Gasteiger partial charge in [0.15, 0.2) is 0 Å². The van der Waals surface area contributed by atoms with Crippen molar-refractivity contribution in [2.45, 2.75) is 45.1 Å². The minimum absolute atomic E-state index is 0.410. The topological polar surface area (TPSA) is 37.8 Å². The van der Waals surface area contributed by atoms with Crippen molar-refractivity contribution < 1.29 is 0 Å². The third-order valence-electron chi connectivity index (χ3n) is 3.88. The molecule has 1 heterocycles. The maximum atomic E-state index is 4.22. The zero-order valence-electron chi connectivity index (χ0n) is 10.1. The number of aromatic nitrogens is 2. The lowest BCUT2D eigenvalue weighted by atomic mass is 9.76. The highest BCUT2D eigenvalue weighted by Crippen LogP contribution is 2.37. The Morgan fingerprint density at radius 1 is 1.56 bits per heavy atom. The van der Waals surface area contributed by atoms with Gasteiger partial charge >= 0.3 is 0 Å². The Kier molecular flexibility index (Phi) is 4.29. The number of nitrogens with one attached hydrogen (secondary N) is 1. The Bertz CT molecular complexity index is 299. The van der Waals surface area contributed by atoms with Crippen molar-refractivity contribution in [1.82, 2.24) is 14.9 Å². The summed E-state index contributed by atoms with van der Waals surface area (Å²) in [5, 5.41) is 9.72. The zero-order valence-corrected chi connectivity index (χ0v) is 11.0. The second kappa shape index (κ2) is 5.73. The molecule has 1 saturated carbocycles. The lowest BCUT2D eigenvalue weighted by Crippen LogP contribution is -2.29. The predicted octanol–water partition coefficient (Wildman–Crippen LogP) is 3.02. The smallest absolute Gasteiger partial charge is 0.0927 e. The fourth-order valence-corrected chi connectivity index (χ4v) is 3.43. The maximum Gasteiger partial charge on any atom is 0.0927 e. The van der Waals surface area contributed by atoms with Gasteiger partial charge in [0.05, 0.1) is 11.7 Å². The molecule has 0 saturated heterocycles. The molecule has 0 bridgehead atoms. The van der Waals surface area contributed by atoms with E-state index in [1.807, 2.05) is 7.05 Å². The average Bonchev–Trinajstić information content (AvgIpc) is 2.84. The van der Waals surface area contributed by atoms with Crippen LogP contribution in [0.1, 0.15) is 50.8 Å². The molecule has 3 atom stereocenters. The Balaban J connectivity index is 2.03. The third kappa shape index (κ3) is 2.61. The minimum Gasteiger partial charge on any atom is -0.311 e. The molecule has 3 nitrogen and oxygen atoms in total. The van der Waals surface area contributed by atoms with Crippen LogP contribution in [0.5, 0.6) is 0 Å². The molecule has 2 rings (SSSR count). The van der Waals surface area contributed by atoms with Crippen LogP contribution in [0.2, 0.25) is 0 Å². The predicted molar refractivity (Wildman–Crippen MR) is 67.4 cm³/mol. The highest BCUT2D eigenvalue weighted by atomic mass is 32.1. The van der Waals surface area contributed by atoms with Crippen molar-refractivity contribution in [3.8, 4) is 0 Å². The summed E-state index contributed by atoms with van der Waals surface area (Å²) in [5.74, 6) is 1.66. The highest BCUT2D eigenvalue weighted by molar-refractivity contribution is 7.03. The van der Waals surface area contributed by atoms with E-state index in [2.05, 4.69) is 27.2 Å². The monoisotopic (exact) mass is 239 g/mol. The van der Waals surface area contributed by atoms with Crippen LogP contribution in [0, 0.1) is 11.8 Å². The number of hydrogen-bond acceptors (Lipinski definition) is 4. The summed E-state index contributed by atoms with van der Waals surface area (Å²) in [6.07, 6.45) is 6.79. The van der Waals surface area contributed by atoms with Gasteiger partial charge in [0, 0.05) is 5.38 Å². The summed E-state index contributed by atoms with van der Waals surface area (Å²) in [4.78, 5) is 0. The van der Waals surface area contributed by atoms with Gasteiger partial charge in [0.1, 0.15) is 0 Å². The zero-order chi connectivity index (χ0) is 11.4. The number of nitrogens with zero attached hydrogens (tertiary/aromatic N) is 2. The van der Waals surface area contributed by atoms with Gasteiger partial charge in [-0.15, -0.1) is 5.10 Å². The van der Waals surface area contributed by atoms with Crippen LogP contribution in [-0.4, -0.2) is 16.6 Å². The van der Waals surface area contributed by atoms with Crippen molar-refractivity contribution in [3.63, 3.8) is 0 Å². The lowest BCUT2D eigenvalue weighted by molar-refractivity contribution is 0.212. The van der Waals surface area contributed by atoms with E-state index in [1.165, 1.54) is 43.6 Å². The molecular formula is C12H21N3S. The van der Waals surface area contributed by atoms with E-state index in [9.17, 15) is 0 Å². The Morgan fingerprint density at radius 2 is 2.44 bits per heavy atom. The Labute approximate surface area is 102 Å². The van der Waals surface area contributed by atoms with Gasteiger partial charge in [-0.1, -0.05) is 30.7 Å². The fraction of sp³-hybridized carbons (Fsp3) is 0.833. The molecule has 1 fully saturated rings. The molecular weight excluding hydrogens is 218 g/mol. The summed E-state index contributed by atoms with van der Waals surface area (Å²) < 4.78 is 3.98. The standard InChI is InChI=1S/C12H21N3S/c1-3-9-5-4-6-10(7-9)12(13-2)11-8-16-15-14-11/h8-10,12-13H,3-7H2,1-2H3. The first-order valence-electron chi connectivity index (χ1n) is 6.29. The molecule has 0 amide bonds. The maximum absolute atomic E-state index is 4.22. The van der Waals surface area contributed by atoms with Crippen molar-refractivity contribution in [3.05, 3.63) is 11.1 Å². The van der Waals surface area contributed by atoms with Crippen molar-refractivity contribution in [2.75, 3.05) is 7.05 Å². The van der Waals surface area contributed by atoms with Gasteiger partial charge in [-0.3, -0.25) is 0 Å². The molecule has 1 aromatic rings. The molecule has 1 aromatic heterocycles. The second-order valence-corrected chi connectivity index (χ2v) is 5.41. The van der Waals surface area contributed by atoms with E-state index >= 15 is 0 Å². The Morgan fingerprint density at radius 3 is 3.06 bits per heavy atom. The summed E-state index contributed by atoms with van der Waals surface area (Å²) in [5.41, 5.74) is 1.13. The quantitative estimate of drug-likeness (QED) is 0.877.